The number of nitrogens with one attached hydrogen (secondary N) is 1. The predicted octanol–water partition coefficient (Wildman–Crippen LogP) is 3.52. The van der Waals surface area contributed by atoms with Crippen molar-refractivity contribution in [2.45, 2.75) is 26.7 Å². The molecule has 0 aromatic heterocycles. The smallest absolute Gasteiger partial charge is 0.314 e. The topological polar surface area (TPSA) is 100.0 Å². The van der Waals surface area contributed by atoms with Gasteiger partial charge in [0.2, 0.25) is 11.6 Å². The summed E-state index contributed by atoms with van der Waals surface area (Å²) in [6.07, 6.45) is 4.40. The van der Waals surface area contributed by atoms with E-state index in [-0.39, 0.29) is 30.5 Å². The monoisotopic (exact) mass is 429 g/mol. The number of carbonyl (C=O) groups excluding carboxylic acids is 1. The molecule has 0 saturated heterocycles. The van der Waals surface area contributed by atoms with Gasteiger partial charge in [-0.2, -0.15) is 4.58 Å². The average Bonchev–Trinajstić information content (AvgIpc) is 3.05. The molecule has 4 N–H and O–H groups in total. The molecule has 0 unspecified atom stereocenters. The largest absolute Gasteiger partial charge is 0.507 e. The molecule has 1 amide bonds. The van der Waals surface area contributed by atoms with Crippen molar-refractivity contribution in [1.82, 2.24) is 5.43 Å². The molecule has 30 heavy (non-hydrogen) atoms. The van der Waals surface area contributed by atoms with E-state index < -0.39 is 0 Å². The molecule has 2 aromatic rings. The second-order valence-corrected chi connectivity index (χ2v) is 6.97. The van der Waals surface area contributed by atoms with Crippen LogP contribution in [0.25, 0.3) is 0 Å². The number of nitrogens with zero attached hydrogens (tertiary/aromatic N) is 2. The highest BCUT2D eigenvalue weighted by molar-refractivity contribution is 6.02. The van der Waals surface area contributed by atoms with Crippen LogP contribution in [0.15, 0.2) is 53.0 Å². The van der Waals surface area contributed by atoms with Crippen LogP contribution >= 0.6 is 12.4 Å². The minimum absolute atomic E-state index is 0. The number of phenols is 1. The van der Waals surface area contributed by atoms with Gasteiger partial charge in [0.15, 0.2) is 5.69 Å². The van der Waals surface area contributed by atoms with E-state index in [9.17, 15) is 9.90 Å². The van der Waals surface area contributed by atoms with Gasteiger partial charge in [0, 0.05) is 5.56 Å². The number of methoxy groups -OCH3 is 1. The summed E-state index contributed by atoms with van der Waals surface area (Å²) in [4.78, 5) is 16.4. The lowest BCUT2D eigenvalue weighted by molar-refractivity contribution is -0.296. The van der Waals surface area contributed by atoms with E-state index in [1.165, 1.54) is 0 Å². The first-order chi connectivity index (χ1) is 13.9. The Hall–Kier alpha value is -3.16. The van der Waals surface area contributed by atoms with Crippen LogP contribution in [0.1, 0.15) is 31.4 Å². The SMILES string of the molecule is COc1cc(C=[N+]2C(CC(=O)NN)=Nc3ccccc32)c(O)c(CC=C(C)C)c1.Cl. The van der Waals surface area contributed by atoms with E-state index in [2.05, 4.69) is 10.4 Å². The maximum atomic E-state index is 11.9. The number of nitrogens with two attached hydrogens (primary N) is 1. The van der Waals surface area contributed by atoms with Crippen LogP contribution in [0.5, 0.6) is 11.5 Å². The number of fused-ring (bicyclic) bond motifs is 1. The van der Waals surface area contributed by atoms with E-state index in [1.54, 1.807) is 24.0 Å². The van der Waals surface area contributed by atoms with E-state index in [4.69, 9.17) is 10.6 Å². The number of allylic oxidation sites excluding steroid dienone is 2. The van der Waals surface area contributed by atoms with Gasteiger partial charge >= 0.3 is 5.84 Å². The van der Waals surface area contributed by atoms with Gasteiger partial charge in [0.1, 0.15) is 24.1 Å². The maximum absolute atomic E-state index is 11.9. The summed E-state index contributed by atoms with van der Waals surface area (Å²) in [7, 11) is 1.59. The van der Waals surface area contributed by atoms with Crippen molar-refractivity contribution in [3.8, 4) is 11.5 Å². The molecule has 0 bridgehead atoms. The number of aromatic hydroxyl groups is 1. The first kappa shape index (κ1) is 23.1. The highest BCUT2D eigenvalue weighted by Gasteiger charge is 2.31. The van der Waals surface area contributed by atoms with Crippen LogP contribution < -0.4 is 16.0 Å². The molecule has 1 heterocycles. The van der Waals surface area contributed by atoms with E-state index in [0.29, 0.717) is 23.6 Å². The summed E-state index contributed by atoms with van der Waals surface area (Å²) in [5.74, 6) is 6.21. The minimum Gasteiger partial charge on any atom is -0.507 e. The van der Waals surface area contributed by atoms with Gasteiger partial charge in [-0.3, -0.25) is 10.2 Å². The first-order valence-electron chi connectivity index (χ1n) is 9.26. The van der Waals surface area contributed by atoms with Crippen LogP contribution in [0, 0.1) is 0 Å². The number of carbonyl (C=O) groups is 1. The number of hydrazine groups is 1. The number of halogens is 1. The molecule has 3 rings (SSSR count). The number of amides is 1. The zero-order valence-corrected chi connectivity index (χ0v) is 18.0. The standard InChI is InChI=1S/C22H24N4O3.ClH/c1-14(2)8-9-15-10-17(29-3)11-16(22(15)28)13-26-19-7-5-4-6-18(19)24-20(26)12-21(27)25-23;/h4-8,10-11,13H,9,12,23H2,1-3H3,(H,25,27);1H/p+1. The van der Waals surface area contributed by atoms with Gasteiger partial charge in [0.25, 0.3) is 0 Å². The summed E-state index contributed by atoms with van der Waals surface area (Å²) in [5, 5.41) is 10.9. The molecule has 1 aliphatic heterocycles. The minimum atomic E-state index is -0.353. The zero-order valence-electron chi connectivity index (χ0n) is 17.2. The molecular formula is C22H26ClN4O3+. The van der Waals surface area contributed by atoms with Crippen molar-refractivity contribution in [3.05, 3.63) is 59.2 Å². The summed E-state index contributed by atoms with van der Waals surface area (Å²) in [6, 6.07) is 11.1. The van der Waals surface area contributed by atoms with Crippen LogP contribution in [0.2, 0.25) is 0 Å². The van der Waals surface area contributed by atoms with Crippen LogP contribution in [0.4, 0.5) is 11.4 Å². The third-order valence-electron chi connectivity index (χ3n) is 4.57. The van der Waals surface area contributed by atoms with Crippen molar-refractivity contribution < 1.29 is 19.2 Å². The van der Waals surface area contributed by atoms with Crippen molar-refractivity contribution in [2.75, 3.05) is 7.11 Å². The number of aliphatic imine (C=N–C) groups is 1. The molecule has 0 spiro atoms. The van der Waals surface area contributed by atoms with Gasteiger partial charge in [-0.15, -0.1) is 12.4 Å². The Balaban J connectivity index is 0.00000320. The van der Waals surface area contributed by atoms with Gasteiger partial charge in [-0.1, -0.05) is 23.8 Å². The lowest BCUT2D eigenvalue weighted by atomic mass is 10.0. The Kier molecular flexibility index (Phi) is 7.74. The van der Waals surface area contributed by atoms with Crippen molar-refractivity contribution in [2.24, 2.45) is 10.8 Å². The van der Waals surface area contributed by atoms with Gasteiger partial charge < -0.3 is 9.84 Å². The fourth-order valence-electron chi connectivity index (χ4n) is 3.07. The Morgan fingerprint density at radius 3 is 2.70 bits per heavy atom. The van der Waals surface area contributed by atoms with Crippen molar-refractivity contribution >= 4 is 41.7 Å². The van der Waals surface area contributed by atoms with Gasteiger partial charge in [0.05, 0.1) is 12.7 Å². The fourth-order valence-corrected chi connectivity index (χ4v) is 3.07. The number of phenolic OH excluding ortho intramolecular Hbond substituents is 1. The number of hydrogen-bond acceptors (Lipinski definition) is 5. The van der Waals surface area contributed by atoms with Gasteiger partial charge in [-0.25, -0.2) is 5.84 Å². The van der Waals surface area contributed by atoms with E-state index >= 15 is 0 Å². The molecule has 8 heteroatoms. The summed E-state index contributed by atoms with van der Waals surface area (Å²) < 4.78 is 7.21. The molecule has 2 aromatic carbocycles. The Morgan fingerprint density at radius 1 is 1.30 bits per heavy atom. The molecule has 1 aliphatic rings. The third kappa shape index (κ3) is 5.06. The van der Waals surface area contributed by atoms with Crippen LogP contribution in [-0.4, -0.2) is 34.7 Å². The Bertz CT molecular complexity index is 1040. The number of benzene rings is 2. The van der Waals surface area contributed by atoms with E-state index in [0.717, 1.165) is 22.5 Å². The second kappa shape index (κ2) is 10.0. The zero-order chi connectivity index (χ0) is 21.0. The summed E-state index contributed by atoms with van der Waals surface area (Å²) in [5.41, 5.74) is 6.18. The highest BCUT2D eigenvalue weighted by atomic mass is 35.5. The number of hydrogen-bond donors (Lipinski definition) is 3. The van der Waals surface area contributed by atoms with Gasteiger partial charge in [-0.05, 0) is 49.5 Å². The number of para-hydroxylation sites is 2. The second-order valence-electron chi connectivity index (χ2n) is 6.97. The average molecular weight is 430 g/mol. The fraction of sp³-hybridized carbons (Fsp3) is 0.227. The summed E-state index contributed by atoms with van der Waals surface area (Å²) >= 11 is 0. The van der Waals surface area contributed by atoms with Crippen LogP contribution in [-0.2, 0) is 11.2 Å². The third-order valence-corrected chi connectivity index (χ3v) is 4.57. The maximum Gasteiger partial charge on any atom is 0.314 e. The van der Waals surface area contributed by atoms with E-state index in [1.807, 2.05) is 50.3 Å². The first-order valence-corrected chi connectivity index (χ1v) is 9.26. The molecule has 7 nitrogen and oxygen atoms in total. The van der Waals surface area contributed by atoms with Crippen molar-refractivity contribution in [1.29, 1.82) is 0 Å². The molecule has 0 saturated carbocycles. The molecule has 0 radical (unpaired) electrons. The quantitative estimate of drug-likeness (QED) is 0.215. The normalized spacial score (nSPS) is 13.2. The molecular weight excluding hydrogens is 404 g/mol. The Labute approximate surface area is 182 Å². The number of rotatable bonds is 6. The Morgan fingerprint density at radius 2 is 2.03 bits per heavy atom. The molecule has 0 aliphatic carbocycles. The molecule has 0 atom stereocenters. The molecule has 158 valence electrons. The van der Waals surface area contributed by atoms with Crippen LogP contribution in [0.3, 0.4) is 0 Å². The predicted molar refractivity (Wildman–Crippen MR) is 121 cm³/mol. The number of ether oxygens (including phenoxy) is 1. The highest BCUT2D eigenvalue weighted by Crippen LogP contribution is 2.35. The lowest BCUT2D eigenvalue weighted by Crippen LogP contribution is -2.33. The molecule has 0 fully saturated rings. The lowest BCUT2D eigenvalue weighted by Gasteiger charge is -2.10. The summed E-state index contributed by atoms with van der Waals surface area (Å²) in [6.45, 7) is 4.02. The number of amidine groups is 1. The van der Waals surface area contributed by atoms with Crippen molar-refractivity contribution in [3.63, 3.8) is 0 Å².